The lowest BCUT2D eigenvalue weighted by Gasteiger charge is -2.06. The second kappa shape index (κ2) is 5.93. The highest BCUT2D eigenvalue weighted by Crippen LogP contribution is 2.15. The van der Waals surface area contributed by atoms with E-state index in [1.54, 1.807) is 24.8 Å². The topological polar surface area (TPSA) is 50.7 Å². The molecule has 3 aromatic rings. The van der Waals surface area contributed by atoms with Crippen LogP contribution in [0, 0.1) is 0 Å². The van der Waals surface area contributed by atoms with Gasteiger partial charge in [-0.25, -0.2) is 9.97 Å². The number of hydrogen-bond acceptors (Lipinski definition) is 4. The van der Waals surface area contributed by atoms with Crippen LogP contribution in [0.25, 0.3) is 11.4 Å². The minimum atomic E-state index is 0.733. The van der Waals surface area contributed by atoms with Crippen molar-refractivity contribution < 1.29 is 0 Å². The van der Waals surface area contributed by atoms with E-state index in [1.807, 2.05) is 42.5 Å². The molecule has 98 valence electrons. The molecule has 0 aliphatic rings. The van der Waals surface area contributed by atoms with Gasteiger partial charge in [0.15, 0.2) is 5.82 Å². The van der Waals surface area contributed by atoms with Gasteiger partial charge in [-0.2, -0.15) is 0 Å². The number of benzene rings is 1. The van der Waals surface area contributed by atoms with Crippen molar-refractivity contribution in [3.8, 4) is 11.4 Å². The first kappa shape index (κ1) is 12.3. The summed E-state index contributed by atoms with van der Waals surface area (Å²) >= 11 is 0. The molecule has 0 atom stereocenters. The van der Waals surface area contributed by atoms with Crippen LogP contribution in [0.2, 0.25) is 0 Å². The molecule has 0 aliphatic carbocycles. The van der Waals surface area contributed by atoms with Gasteiger partial charge in [0.25, 0.3) is 0 Å². The van der Waals surface area contributed by atoms with Gasteiger partial charge in [-0.3, -0.25) is 4.98 Å². The molecule has 2 heterocycles. The fourth-order valence-electron chi connectivity index (χ4n) is 1.86. The van der Waals surface area contributed by atoms with Crippen LogP contribution in [-0.4, -0.2) is 15.0 Å². The SMILES string of the molecule is c1ccc(-c2ncc(NCc3ccncc3)cn2)cc1. The third kappa shape index (κ3) is 2.98. The van der Waals surface area contributed by atoms with Crippen molar-refractivity contribution in [1.29, 1.82) is 0 Å². The summed E-state index contributed by atoms with van der Waals surface area (Å²) in [6.45, 7) is 0.733. The highest BCUT2D eigenvalue weighted by Gasteiger charge is 2.00. The second-order valence-electron chi connectivity index (χ2n) is 4.37. The quantitative estimate of drug-likeness (QED) is 0.784. The Labute approximate surface area is 117 Å². The summed E-state index contributed by atoms with van der Waals surface area (Å²) in [5.74, 6) is 0.736. The van der Waals surface area contributed by atoms with Gasteiger partial charge < -0.3 is 5.32 Å². The molecule has 0 fully saturated rings. The monoisotopic (exact) mass is 262 g/mol. The molecule has 3 rings (SSSR count). The van der Waals surface area contributed by atoms with Gasteiger partial charge in [0.05, 0.1) is 18.1 Å². The molecule has 1 aromatic carbocycles. The molecule has 20 heavy (non-hydrogen) atoms. The molecule has 0 bridgehead atoms. The standard InChI is InChI=1S/C16H14N4/c1-2-4-14(5-3-1)16-19-11-15(12-20-16)18-10-13-6-8-17-9-7-13/h1-9,11-12,18H,10H2. The van der Waals surface area contributed by atoms with Crippen LogP contribution >= 0.6 is 0 Å². The maximum absolute atomic E-state index is 4.38. The zero-order valence-electron chi connectivity index (χ0n) is 10.9. The Morgan fingerprint density at radius 1 is 0.850 bits per heavy atom. The number of hydrogen-bond donors (Lipinski definition) is 1. The molecule has 4 nitrogen and oxygen atoms in total. The van der Waals surface area contributed by atoms with Gasteiger partial charge in [0.2, 0.25) is 0 Å². The van der Waals surface area contributed by atoms with E-state index in [4.69, 9.17) is 0 Å². The maximum Gasteiger partial charge on any atom is 0.159 e. The summed E-state index contributed by atoms with van der Waals surface area (Å²) in [5.41, 5.74) is 3.10. The Morgan fingerprint density at radius 3 is 2.25 bits per heavy atom. The highest BCUT2D eigenvalue weighted by atomic mass is 14.9. The number of anilines is 1. The summed E-state index contributed by atoms with van der Waals surface area (Å²) in [7, 11) is 0. The maximum atomic E-state index is 4.38. The summed E-state index contributed by atoms with van der Waals surface area (Å²) in [6, 6.07) is 13.9. The molecule has 2 aromatic heterocycles. The first-order valence-electron chi connectivity index (χ1n) is 6.42. The number of nitrogens with one attached hydrogen (secondary N) is 1. The van der Waals surface area contributed by atoms with Gasteiger partial charge in [-0.15, -0.1) is 0 Å². The van der Waals surface area contributed by atoms with Crippen molar-refractivity contribution in [3.63, 3.8) is 0 Å². The van der Waals surface area contributed by atoms with Gasteiger partial charge in [-0.05, 0) is 17.7 Å². The Kier molecular flexibility index (Phi) is 3.64. The van der Waals surface area contributed by atoms with Gasteiger partial charge in [-0.1, -0.05) is 30.3 Å². The molecule has 0 aliphatic heterocycles. The Bertz CT molecular complexity index is 651. The van der Waals surface area contributed by atoms with E-state index in [2.05, 4.69) is 20.3 Å². The number of nitrogens with zero attached hydrogens (tertiary/aromatic N) is 3. The molecule has 0 unspecified atom stereocenters. The van der Waals surface area contributed by atoms with E-state index in [1.165, 1.54) is 5.56 Å². The van der Waals surface area contributed by atoms with E-state index in [0.29, 0.717) is 0 Å². The van der Waals surface area contributed by atoms with Crippen molar-refractivity contribution in [2.45, 2.75) is 6.54 Å². The van der Waals surface area contributed by atoms with Crippen LogP contribution in [-0.2, 0) is 6.54 Å². The molecule has 0 saturated carbocycles. The van der Waals surface area contributed by atoms with Crippen LogP contribution in [0.4, 0.5) is 5.69 Å². The van der Waals surface area contributed by atoms with Gasteiger partial charge in [0.1, 0.15) is 0 Å². The van der Waals surface area contributed by atoms with Gasteiger partial charge in [0, 0.05) is 24.5 Å². The molecule has 4 heteroatoms. The van der Waals surface area contributed by atoms with E-state index in [-0.39, 0.29) is 0 Å². The van der Waals surface area contributed by atoms with Crippen molar-refractivity contribution in [2.75, 3.05) is 5.32 Å². The molecule has 0 amide bonds. The van der Waals surface area contributed by atoms with Crippen LogP contribution in [0.1, 0.15) is 5.56 Å². The predicted octanol–water partition coefficient (Wildman–Crippen LogP) is 3.15. The normalized spacial score (nSPS) is 10.2. The first-order valence-corrected chi connectivity index (χ1v) is 6.42. The fourth-order valence-corrected chi connectivity index (χ4v) is 1.86. The largest absolute Gasteiger partial charge is 0.378 e. The Morgan fingerprint density at radius 2 is 1.55 bits per heavy atom. The molecule has 0 spiro atoms. The lowest BCUT2D eigenvalue weighted by Crippen LogP contribution is -2.01. The van der Waals surface area contributed by atoms with Crippen LogP contribution in [0.5, 0.6) is 0 Å². The summed E-state index contributed by atoms with van der Waals surface area (Å²) in [4.78, 5) is 12.7. The zero-order chi connectivity index (χ0) is 13.6. The average molecular weight is 262 g/mol. The highest BCUT2D eigenvalue weighted by molar-refractivity contribution is 5.55. The van der Waals surface area contributed by atoms with E-state index >= 15 is 0 Å². The van der Waals surface area contributed by atoms with Crippen LogP contribution in [0.15, 0.2) is 67.3 Å². The van der Waals surface area contributed by atoms with Crippen LogP contribution in [0.3, 0.4) is 0 Å². The zero-order valence-corrected chi connectivity index (χ0v) is 10.9. The van der Waals surface area contributed by atoms with Crippen molar-refractivity contribution in [1.82, 2.24) is 15.0 Å². The smallest absolute Gasteiger partial charge is 0.159 e. The minimum Gasteiger partial charge on any atom is -0.378 e. The van der Waals surface area contributed by atoms with Crippen molar-refractivity contribution in [2.24, 2.45) is 0 Å². The second-order valence-corrected chi connectivity index (χ2v) is 4.37. The summed E-state index contributed by atoms with van der Waals surface area (Å²) in [5, 5.41) is 3.29. The fraction of sp³-hybridized carbons (Fsp3) is 0.0625. The predicted molar refractivity (Wildman–Crippen MR) is 79.0 cm³/mol. The lowest BCUT2D eigenvalue weighted by molar-refractivity contribution is 1.09. The number of rotatable bonds is 4. The third-order valence-corrected chi connectivity index (χ3v) is 2.93. The van der Waals surface area contributed by atoms with E-state index in [0.717, 1.165) is 23.6 Å². The summed E-state index contributed by atoms with van der Waals surface area (Å²) in [6.07, 6.45) is 7.17. The van der Waals surface area contributed by atoms with E-state index < -0.39 is 0 Å². The summed E-state index contributed by atoms with van der Waals surface area (Å²) < 4.78 is 0. The van der Waals surface area contributed by atoms with Crippen molar-refractivity contribution in [3.05, 3.63) is 72.8 Å². The first-order chi connectivity index (χ1) is 9.92. The number of pyridine rings is 1. The van der Waals surface area contributed by atoms with Crippen molar-refractivity contribution >= 4 is 5.69 Å². The molecular formula is C16H14N4. The molecule has 1 N–H and O–H groups in total. The number of aromatic nitrogens is 3. The van der Waals surface area contributed by atoms with Gasteiger partial charge >= 0.3 is 0 Å². The molecule has 0 radical (unpaired) electrons. The van der Waals surface area contributed by atoms with Crippen LogP contribution < -0.4 is 5.32 Å². The Balaban J connectivity index is 1.68. The molecular weight excluding hydrogens is 248 g/mol. The Hall–Kier alpha value is -2.75. The minimum absolute atomic E-state index is 0.733. The third-order valence-electron chi connectivity index (χ3n) is 2.93. The van der Waals surface area contributed by atoms with E-state index in [9.17, 15) is 0 Å². The average Bonchev–Trinajstić information content (AvgIpc) is 2.55. The lowest BCUT2D eigenvalue weighted by atomic mass is 10.2. The molecule has 0 saturated heterocycles.